The Balaban J connectivity index is 1.75. The molecule has 2 nitrogen and oxygen atoms in total. The topological polar surface area (TPSA) is 34.1 Å². The zero-order valence-electron chi connectivity index (χ0n) is 14.2. The molecular weight excluding hydrogens is 272 g/mol. The van der Waals surface area contributed by atoms with Crippen LogP contribution < -0.4 is 0 Å². The van der Waals surface area contributed by atoms with Crippen LogP contribution in [-0.2, 0) is 9.59 Å². The molecule has 0 aromatic rings. The third kappa shape index (κ3) is 1.73. The average Bonchev–Trinajstić information content (AvgIpc) is 2.77. The monoisotopic (exact) mass is 300 g/mol. The van der Waals surface area contributed by atoms with Gasteiger partial charge in [-0.1, -0.05) is 20.8 Å². The number of carbonyl (C=O) groups excluding carboxylic acids is 2. The van der Waals surface area contributed by atoms with E-state index in [1.807, 2.05) is 0 Å². The molecular formula is C20H28O2. The smallest absolute Gasteiger partial charge is 0.159 e. The van der Waals surface area contributed by atoms with Crippen molar-refractivity contribution in [2.75, 3.05) is 0 Å². The Hall–Kier alpha value is -0.920. The molecule has 2 heteroatoms. The summed E-state index contributed by atoms with van der Waals surface area (Å²) in [5.41, 5.74) is 1.30. The predicted molar refractivity (Wildman–Crippen MR) is 86.3 cm³/mol. The number of ketones is 2. The van der Waals surface area contributed by atoms with Crippen LogP contribution in [0.15, 0.2) is 11.6 Å². The molecule has 3 fully saturated rings. The van der Waals surface area contributed by atoms with Crippen LogP contribution in [0.3, 0.4) is 0 Å². The highest BCUT2D eigenvalue weighted by molar-refractivity contribution is 6.05. The first-order valence-electron chi connectivity index (χ1n) is 9.14. The first-order chi connectivity index (χ1) is 10.4. The lowest BCUT2D eigenvalue weighted by Crippen LogP contribution is -2.52. The van der Waals surface area contributed by atoms with Gasteiger partial charge in [-0.05, 0) is 72.7 Å². The van der Waals surface area contributed by atoms with Gasteiger partial charge < -0.3 is 0 Å². The molecule has 0 aliphatic heterocycles. The second-order valence-corrected chi connectivity index (χ2v) is 8.97. The summed E-state index contributed by atoms with van der Waals surface area (Å²) in [6.45, 7) is 7.17. The second kappa shape index (κ2) is 4.55. The Morgan fingerprint density at radius 1 is 1.05 bits per heavy atom. The first kappa shape index (κ1) is 14.7. The van der Waals surface area contributed by atoms with E-state index >= 15 is 0 Å². The molecule has 3 saturated carbocycles. The van der Waals surface area contributed by atoms with E-state index in [1.165, 1.54) is 25.7 Å². The van der Waals surface area contributed by atoms with Gasteiger partial charge in [0.15, 0.2) is 11.6 Å². The zero-order chi connectivity index (χ0) is 15.7. The van der Waals surface area contributed by atoms with E-state index in [1.54, 1.807) is 6.08 Å². The summed E-state index contributed by atoms with van der Waals surface area (Å²) in [4.78, 5) is 24.6. The molecule has 4 aliphatic rings. The van der Waals surface area contributed by atoms with Crippen LogP contribution in [0.25, 0.3) is 0 Å². The van der Waals surface area contributed by atoms with Crippen molar-refractivity contribution >= 4 is 11.6 Å². The number of rotatable bonds is 0. The highest BCUT2D eigenvalue weighted by atomic mass is 16.1. The van der Waals surface area contributed by atoms with Gasteiger partial charge >= 0.3 is 0 Å². The molecule has 6 atom stereocenters. The lowest BCUT2D eigenvalue weighted by atomic mass is 9.46. The predicted octanol–water partition coefficient (Wildman–Crippen LogP) is 4.33. The maximum Gasteiger partial charge on any atom is 0.159 e. The summed E-state index contributed by atoms with van der Waals surface area (Å²) in [6, 6.07) is 0. The summed E-state index contributed by atoms with van der Waals surface area (Å²) in [7, 11) is 0. The minimum atomic E-state index is -0.0267. The van der Waals surface area contributed by atoms with Crippen molar-refractivity contribution in [3.63, 3.8) is 0 Å². The fraction of sp³-hybridized carbons (Fsp3) is 0.800. The number of allylic oxidation sites excluding steroid dienone is 1. The normalized spacial score (nSPS) is 51.0. The summed E-state index contributed by atoms with van der Waals surface area (Å²) in [5.74, 6) is 3.14. The van der Waals surface area contributed by atoms with E-state index in [4.69, 9.17) is 0 Å². The van der Waals surface area contributed by atoms with Gasteiger partial charge in [0.1, 0.15) is 0 Å². The van der Waals surface area contributed by atoms with E-state index < -0.39 is 0 Å². The molecule has 0 heterocycles. The van der Waals surface area contributed by atoms with Crippen LogP contribution in [0.5, 0.6) is 0 Å². The SMILES string of the molecule is CC1CCC2C3CC(=O)C4=CC(=O)CC[C@]4(C)C3CC[C@]12C. The Morgan fingerprint density at radius 2 is 1.82 bits per heavy atom. The Kier molecular flexibility index (Phi) is 3.03. The quantitative estimate of drug-likeness (QED) is 0.667. The molecule has 22 heavy (non-hydrogen) atoms. The minimum absolute atomic E-state index is 0.0267. The maximum atomic E-state index is 12.8. The highest BCUT2D eigenvalue weighted by Gasteiger charge is 2.59. The standard InChI is InChI=1S/C20H28O2/c1-12-4-5-15-14-11-18(22)17-10-13(21)6-8-20(17,3)16(14)7-9-19(12,15)2/h10,12,14-16H,4-9,11H2,1-3H3/t12?,14?,15?,16?,19-,20-/m1/s1. The third-order valence-corrected chi connectivity index (χ3v) is 8.26. The van der Waals surface area contributed by atoms with Crippen molar-refractivity contribution in [1.29, 1.82) is 0 Å². The average molecular weight is 300 g/mol. The first-order valence-corrected chi connectivity index (χ1v) is 9.14. The zero-order valence-corrected chi connectivity index (χ0v) is 14.2. The van der Waals surface area contributed by atoms with Crippen LogP contribution in [0.1, 0.15) is 65.7 Å². The van der Waals surface area contributed by atoms with E-state index in [9.17, 15) is 9.59 Å². The maximum absolute atomic E-state index is 12.8. The molecule has 0 saturated heterocycles. The Morgan fingerprint density at radius 3 is 2.59 bits per heavy atom. The fourth-order valence-electron chi connectivity index (χ4n) is 6.65. The molecule has 0 aromatic carbocycles. The van der Waals surface area contributed by atoms with Gasteiger partial charge in [-0.25, -0.2) is 0 Å². The molecule has 0 amide bonds. The van der Waals surface area contributed by atoms with Crippen molar-refractivity contribution in [3.05, 3.63) is 11.6 Å². The van der Waals surface area contributed by atoms with E-state index in [2.05, 4.69) is 20.8 Å². The molecule has 0 radical (unpaired) electrons. The molecule has 4 rings (SSSR count). The van der Waals surface area contributed by atoms with Gasteiger partial charge in [0.05, 0.1) is 0 Å². The molecule has 0 N–H and O–H groups in total. The summed E-state index contributed by atoms with van der Waals surface area (Å²) in [5, 5.41) is 0. The number of hydrogen-bond donors (Lipinski definition) is 0. The fourth-order valence-corrected chi connectivity index (χ4v) is 6.65. The molecule has 120 valence electrons. The van der Waals surface area contributed by atoms with Crippen LogP contribution >= 0.6 is 0 Å². The molecule has 4 unspecified atom stereocenters. The van der Waals surface area contributed by atoms with Gasteiger partial charge in [0.2, 0.25) is 0 Å². The second-order valence-electron chi connectivity index (χ2n) is 8.97. The van der Waals surface area contributed by atoms with Crippen molar-refractivity contribution in [2.45, 2.75) is 65.7 Å². The summed E-state index contributed by atoms with van der Waals surface area (Å²) >= 11 is 0. The highest BCUT2D eigenvalue weighted by Crippen LogP contribution is 2.65. The summed E-state index contributed by atoms with van der Waals surface area (Å²) < 4.78 is 0. The summed E-state index contributed by atoms with van der Waals surface area (Å²) in [6.07, 6.45) is 9.12. The minimum Gasteiger partial charge on any atom is -0.295 e. The van der Waals surface area contributed by atoms with Crippen molar-refractivity contribution in [1.82, 2.24) is 0 Å². The molecule has 0 bridgehead atoms. The van der Waals surface area contributed by atoms with E-state index in [0.717, 1.165) is 23.8 Å². The van der Waals surface area contributed by atoms with Crippen LogP contribution in [0.2, 0.25) is 0 Å². The van der Waals surface area contributed by atoms with Crippen molar-refractivity contribution < 1.29 is 9.59 Å². The number of hydrogen-bond acceptors (Lipinski definition) is 2. The van der Waals surface area contributed by atoms with E-state index in [0.29, 0.717) is 30.1 Å². The Bertz CT molecular complexity index is 574. The van der Waals surface area contributed by atoms with Gasteiger partial charge in [0.25, 0.3) is 0 Å². The molecule has 4 aliphatic carbocycles. The molecule has 0 spiro atoms. The number of fused-ring (bicyclic) bond motifs is 5. The number of carbonyl (C=O) groups is 2. The van der Waals surface area contributed by atoms with Crippen molar-refractivity contribution in [3.8, 4) is 0 Å². The van der Waals surface area contributed by atoms with Crippen LogP contribution in [0.4, 0.5) is 0 Å². The van der Waals surface area contributed by atoms with Gasteiger partial charge in [-0.15, -0.1) is 0 Å². The van der Waals surface area contributed by atoms with Gasteiger partial charge in [0, 0.05) is 18.4 Å². The molecule has 0 aromatic heterocycles. The van der Waals surface area contributed by atoms with Crippen LogP contribution in [0, 0.1) is 34.5 Å². The van der Waals surface area contributed by atoms with E-state index in [-0.39, 0.29) is 17.0 Å². The largest absolute Gasteiger partial charge is 0.295 e. The van der Waals surface area contributed by atoms with Crippen molar-refractivity contribution in [2.24, 2.45) is 34.5 Å². The van der Waals surface area contributed by atoms with Crippen LogP contribution in [-0.4, -0.2) is 11.6 Å². The number of Topliss-reactive ketones (excluding diaryl/α,β-unsaturated/α-hetero) is 1. The van der Waals surface area contributed by atoms with Gasteiger partial charge in [-0.2, -0.15) is 0 Å². The van der Waals surface area contributed by atoms with Gasteiger partial charge in [-0.3, -0.25) is 9.59 Å². The third-order valence-electron chi connectivity index (χ3n) is 8.26. The lowest BCUT2D eigenvalue weighted by molar-refractivity contribution is -0.131. The Labute approximate surface area is 133 Å². The lowest BCUT2D eigenvalue weighted by Gasteiger charge is -2.57.